The van der Waals surface area contributed by atoms with Crippen LogP contribution < -0.4 is 5.32 Å². The van der Waals surface area contributed by atoms with Gasteiger partial charge in [-0.1, -0.05) is 30.0 Å². The maximum absolute atomic E-state index is 12.5. The molecule has 1 N–H and O–H groups in total. The van der Waals surface area contributed by atoms with Crippen LogP contribution in [0.2, 0.25) is 0 Å². The van der Waals surface area contributed by atoms with Crippen LogP contribution in [0.25, 0.3) is 0 Å². The first-order valence-electron chi connectivity index (χ1n) is 11.7. The second kappa shape index (κ2) is 10.9. The average molecular weight is 410 g/mol. The van der Waals surface area contributed by atoms with Crippen LogP contribution in [0.4, 0.5) is 0 Å². The van der Waals surface area contributed by atoms with Gasteiger partial charge in [-0.3, -0.25) is 9.69 Å². The molecule has 0 spiro atoms. The number of hydrogen-bond donors (Lipinski definition) is 1. The van der Waals surface area contributed by atoms with Gasteiger partial charge in [-0.25, -0.2) is 0 Å². The van der Waals surface area contributed by atoms with Crippen molar-refractivity contribution in [2.75, 3.05) is 45.9 Å². The summed E-state index contributed by atoms with van der Waals surface area (Å²) in [6.07, 6.45) is 6.83. The van der Waals surface area contributed by atoms with E-state index in [1.165, 1.54) is 12.8 Å². The van der Waals surface area contributed by atoms with Crippen molar-refractivity contribution in [3.8, 4) is 11.8 Å². The summed E-state index contributed by atoms with van der Waals surface area (Å²) in [6, 6.07) is 10.9. The van der Waals surface area contributed by atoms with Crippen LogP contribution >= 0.6 is 0 Å². The lowest BCUT2D eigenvalue weighted by atomic mass is 9.92. The fourth-order valence-electron chi connectivity index (χ4n) is 4.91. The van der Waals surface area contributed by atoms with Crippen LogP contribution in [0.15, 0.2) is 30.3 Å². The van der Waals surface area contributed by atoms with Gasteiger partial charge in [-0.2, -0.15) is 0 Å². The van der Waals surface area contributed by atoms with Crippen molar-refractivity contribution < 1.29 is 9.53 Å². The van der Waals surface area contributed by atoms with Crippen LogP contribution in [-0.2, 0) is 9.53 Å². The summed E-state index contributed by atoms with van der Waals surface area (Å²) in [5.41, 5.74) is 1.09. The van der Waals surface area contributed by atoms with Gasteiger partial charge < -0.3 is 15.0 Å². The SMILES string of the molecule is O=C(NC[C@H]1CCCO1)C1CCN(C2CCN(CC#Cc3ccccc3)CC2)CC1. The summed E-state index contributed by atoms with van der Waals surface area (Å²) >= 11 is 0. The Bertz CT molecular complexity index is 720. The first kappa shape index (κ1) is 21.4. The highest BCUT2D eigenvalue weighted by Gasteiger charge is 2.30. The Kier molecular flexibility index (Phi) is 7.80. The lowest BCUT2D eigenvalue weighted by molar-refractivity contribution is -0.127. The fourth-order valence-corrected chi connectivity index (χ4v) is 4.91. The van der Waals surface area contributed by atoms with Crippen molar-refractivity contribution in [3.05, 3.63) is 35.9 Å². The van der Waals surface area contributed by atoms with Crippen LogP contribution in [0.3, 0.4) is 0 Å². The van der Waals surface area contributed by atoms with E-state index in [0.717, 1.165) is 70.6 Å². The van der Waals surface area contributed by atoms with Crippen molar-refractivity contribution in [2.45, 2.75) is 50.7 Å². The molecule has 3 saturated heterocycles. The van der Waals surface area contributed by atoms with E-state index in [-0.39, 0.29) is 17.9 Å². The number of amides is 1. The number of ether oxygens (including phenoxy) is 1. The van der Waals surface area contributed by atoms with Gasteiger partial charge in [0.25, 0.3) is 0 Å². The molecule has 3 fully saturated rings. The van der Waals surface area contributed by atoms with E-state index < -0.39 is 0 Å². The number of carbonyl (C=O) groups excluding carboxylic acids is 1. The molecular weight excluding hydrogens is 374 g/mol. The quantitative estimate of drug-likeness (QED) is 0.759. The predicted molar refractivity (Wildman–Crippen MR) is 119 cm³/mol. The zero-order valence-corrected chi connectivity index (χ0v) is 18.0. The first-order valence-corrected chi connectivity index (χ1v) is 11.7. The molecule has 3 heterocycles. The molecule has 0 aromatic heterocycles. The third kappa shape index (κ3) is 6.07. The normalized spacial score (nSPS) is 24.3. The molecule has 0 aliphatic carbocycles. The highest BCUT2D eigenvalue weighted by Crippen LogP contribution is 2.24. The summed E-state index contributed by atoms with van der Waals surface area (Å²) in [7, 11) is 0. The van der Waals surface area contributed by atoms with Crippen molar-refractivity contribution in [3.63, 3.8) is 0 Å². The topological polar surface area (TPSA) is 44.8 Å². The van der Waals surface area contributed by atoms with E-state index in [4.69, 9.17) is 4.74 Å². The molecular formula is C25H35N3O2. The molecule has 1 amide bonds. The standard InChI is InChI=1S/C25H35N3O2/c29-25(26-20-24-9-5-19-30-24)22-10-17-28(18-11-22)23-12-15-27(16-13-23)14-4-8-21-6-2-1-3-7-21/h1-3,6-7,22-24H,5,9-20H2,(H,26,29)/t24-/m1/s1. The van der Waals surface area contributed by atoms with Gasteiger partial charge in [0.1, 0.15) is 0 Å². The van der Waals surface area contributed by atoms with Crippen LogP contribution in [0.5, 0.6) is 0 Å². The van der Waals surface area contributed by atoms with Gasteiger partial charge in [0.2, 0.25) is 5.91 Å². The third-order valence-corrected chi connectivity index (χ3v) is 6.81. The predicted octanol–water partition coefficient (Wildman–Crippen LogP) is 2.51. The average Bonchev–Trinajstić information content (AvgIpc) is 3.33. The molecule has 5 nitrogen and oxygen atoms in total. The maximum atomic E-state index is 12.5. The van der Waals surface area contributed by atoms with Crippen LogP contribution in [0.1, 0.15) is 44.1 Å². The molecule has 0 bridgehead atoms. The minimum absolute atomic E-state index is 0.177. The smallest absolute Gasteiger partial charge is 0.223 e. The van der Waals surface area contributed by atoms with E-state index in [1.807, 2.05) is 18.2 Å². The van der Waals surface area contributed by atoms with Crippen molar-refractivity contribution in [1.29, 1.82) is 0 Å². The van der Waals surface area contributed by atoms with E-state index in [2.05, 4.69) is 39.1 Å². The van der Waals surface area contributed by atoms with Crippen LogP contribution in [-0.4, -0.2) is 73.7 Å². The van der Waals surface area contributed by atoms with Gasteiger partial charge in [-0.15, -0.1) is 0 Å². The Morgan fingerprint density at radius 3 is 2.50 bits per heavy atom. The van der Waals surface area contributed by atoms with Gasteiger partial charge in [0.15, 0.2) is 0 Å². The Labute approximate surface area is 181 Å². The Morgan fingerprint density at radius 1 is 1.03 bits per heavy atom. The number of nitrogens with one attached hydrogen (secondary N) is 1. The molecule has 0 unspecified atom stereocenters. The zero-order valence-electron chi connectivity index (χ0n) is 18.0. The summed E-state index contributed by atoms with van der Waals surface area (Å²) in [4.78, 5) is 17.6. The minimum atomic E-state index is 0.177. The number of rotatable bonds is 5. The van der Waals surface area contributed by atoms with Crippen molar-refractivity contribution in [1.82, 2.24) is 15.1 Å². The molecule has 3 aliphatic rings. The van der Waals surface area contributed by atoms with E-state index in [1.54, 1.807) is 0 Å². The van der Waals surface area contributed by atoms with E-state index in [0.29, 0.717) is 12.6 Å². The summed E-state index contributed by atoms with van der Waals surface area (Å²) in [5.74, 6) is 7.00. The second-order valence-electron chi connectivity index (χ2n) is 8.87. The van der Waals surface area contributed by atoms with Gasteiger partial charge in [0.05, 0.1) is 12.6 Å². The third-order valence-electron chi connectivity index (χ3n) is 6.81. The summed E-state index contributed by atoms with van der Waals surface area (Å²) in [6.45, 7) is 6.73. The number of hydrogen-bond acceptors (Lipinski definition) is 4. The lowest BCUT2D eigenvalue weighted by Gasteiger charge is -2.41. The van der Waals surface area contributed by atoms with E-state index >= 15 is 0 Å². The zero-order chi connectivity index (χ0) is 20.6. The number of likely N-dealkylation sites (tertiary alicyclic amines) is 2. The molecule has 5 heteroatoms. The van der Waals surface area contributed by atoms with Gasteiger partial charge in [0, 0.05) is 43.8 Å². The summed E-state index contributed by atoms with van der Waals surface area (Å²) in [5, 5.41) is 3.12. The lowest BCUT2D eigenvalue weighted by Crippen LogP contribution is -2.49. The Morgan fingerprint density at radius 2 is 1.80 bits per heavy atom. The molecule has 4 rings (SSSR count). The van der Waals surface area contributed by atoms with Gasteiger partial charge in [-0.05, 0) is 63.7 Å². The Hall–Kier alpha value is -1.87. The number of carbonyl (C=O) groups is 1. The minimum Gasteiger partial charge on any atom is -0.376 e. The van der Waals surface area contributed by atoms with Crippen LogP contribution in [0, 0.1) is 17.8 Å². The molecule has 1 aromatic rings. The van der Waals surface area contributed by atoms with Crippen molar-refractivity contribution in [2.24, 2.45) is 5.92 Å². The highest BCUT2D eigenvalue weighted by atomic mass is 16.5. The molecule has 30 heavy (non-hydrogen) atoms. The molecule has 1 atom stereocenters. The molecule has 1 aromatic carbocycles. The fraction of sp³-hybridized carbons (Fsp3) is 0.640. The van der Waals surface area contributed by atoms with Gasteiger partial charge >= 0.3 is 0 Å². The Balaban J connectivity index is 1.13. The molecule has 3 aliphatic heterocycles. The number of benzene rings is 1. The first-order chi connectivity index (χ1) is 14.8. The molecule has 0 saturated carbocycles. The highest BCUT2D eigenvalue weighted by molar-refractivity contribution is 5.78. The second-order valence-corrected chi connectivity index (χ2v) is 8.87. The molecule has 162 valence electrons. The molecule has 0 radical (unpaired) electrons. The number of piperidine rings is 2. The maximum Gasteiger partial charge on any atom is 0.223 e. The van der Waals surface area contributed by atoms with Crippen molar-refractivity contribution >= 4 is 5.91 Å². The van der Waals surface area contributed by atoms with E-state index in [9.17, 15) is 4.79 Å². The summed E-state index contributed by atoms with van der Waals surface area (Å²) < 4.78 is 5.61. The number of nitrogens with zero attached hydrogens (tertiary/aromatic N) is 2. The monoisotopic (exact) mass is 409 g/mol. The largest absolute Gasteiger partial charge is 0.376 e.